The molecule has 3 nitrogen and oxygen atoms in total. The van der Waals surface area contributed by atoms with Crippen molar-refractivity contribution in [2.45, 2.75) is 32.8 Å². The molecular weight excluding hydrogens is 196 g/mol. The predicted octanol–water partition coefficient (Wildman–Crippen LogP) is 1.53. The van der Waals surface area contributed by atoms with Gasteiger partial charge in [0.25, 0.3) is 0 Å². The van der Waals surface area contributed by atoms with Crippen LogP contribution < -0.4 is 5.73 Å². The summed E-state index contributed by atoms with van der Waals surface area (Å²) in [5.41, 5.74) is 6.61. The summed E-state index contributed by atoms with van der Waals surface area (Å²) in [5, 5.41) is 11.2. The molecule has 0 spiro atoms. The van der Waals surface area contributed by atoms with E-state index < -0.39 is 6.10 Å². The lowest BCUT2D eigenvalue weighted by Crippen LogP contribution is -2.23. The first kappa shape index (κ1) is 10.1. The molecule has 1 aromatic heterocycles. The molecule has 0 aromatic carbocycles. The monoisotopic (exact) mass is 212 g/mol. The SMILES string of the molecule is Cc1nc(C)c(C(O)C2(CN)CC2)s1. The first-order valence-corrected chi connectivity index (χ1v) is 5.73. The molecule has 1 heterocycles. The summed E-state index contributed by atoms with van der Waals surface area (Å²) in [5.74, 6) is 0. The lowest BCUT2D eigenvalue weighted by atomic mass is 9.97. The van der Waals surface area contributed by atoms with Crippen molar-refractivity contribution in [2.75, 3.05) is 6.54 Å². The molecule has 4 heteroatoms. The maximum atomic E-state index is 10.2. The average molecular weight is 212 g/mol. The van der Waals surface area contributed by atoms with Gasteiger partial charge in [0.15, 0.2) is 0 Å². The molecular formula is C10H16N2OS. The van der Waals surface area contributed by atoms with E-state index in [1.165, 1.54) is 0 Å². The number of hydrogen-bond acceptors (Lipinski definition) is 4. The molecule has 1 atom stereocenters. The van der Waals surface area contributed by atoms with E-state index in [0.29, 0.717) is 6.54 Å². The highest BCUT2D eigenvalue weighted by atomic mass is 32.1. The van der Waals surface area contributed by atoms with Crippen LogP contribution in [0.4, 0.5) is 0 Å². The van der Waals surface area contributed by atoms with Gasteiger partial charge >= 0.3 is 0 Å². The largest absolute Gasteiger partial charge is 0.387 e. The normalized spacial score (nSPS) is 20.9. The van der Waals surface area contributed by atoms with Crippen molar-refractivity contribution in [2.24, 2.45) is 11.1 Å². The summed E-state index contributed by atoms with van der Waals surface area (Å²) in [4.78, 5) is 5.33. The third kappa shape index (κ3) is 1.47. The second-order valence-electron chi connectivity index (χ2n) is 4.15. The van der Waals surface area contributed by atoms with Gasteiger partial charge in [-0.3, -0.25) is 0 Å². The number of hydrogen-bond donors (Lipinski definition) is 2. The minimum atomic E-state index is -0.404. The number of aryl methyl sites for hydroxylation is 2. The average Bonchev–Trinajstić information content (AvgIpc) is 2.87. The standard InChI is InChI=1S/C10H16N2OS/c1-6-8(14-7(2)12-6)9(13)10(5-11)3-4-10/h9,13H,3-5,11H2,1-2H3. The van der Waals surface area contributed by atoms with E-state index in [2.05, 4.69) is 4.98 Å². The number of nitrogens with two attached hydrogens (primary N) is 1. The molecule has 1 fully saturated rings. The number of nitrogens with zero attached hydrogens (tertiary/aromatic N) is 1. The van der Waals surface area contributed by atoms with Gasteiger partial charge < -0.3 is 10.8 Å². The van der Waals surface area contributed by atoms with E-state index in [4.69, 9.17) is 5.73 Å². The Morgan fingerprint density at radius 2 is 2.21 bits per heavy atom. The molecule has 1 aliphatic rings. The summed E-state index contributed by atoms with van der Waals surface area (Å²) in [6.07, 6.45) is 1.68. The zero-order valence-corrected chi connectivity index (χ0v) is 9.40. The Morgan fingerprint density at radius 3 is 2.57 bits per heavy atom. The first-order chi connectivity index (χ1) is 6.59. The van der Waals surface area contributed by atoms with Crippen LogP contribution in [-0.4, -0.2) is 16.6 Å². The zero-order valence-electron chi connectivity index (χ0n) is 8.58. The summed E-state index contributed by atoms with van der Waals surface area (Å²) in [6.45, 7) is 4.50. The summed E-state index contributed by atoms with van der Waals surface area (Å²) < 4.78 is 0. The van der Waals surface area contributed by atoms with Gasteiger partial charge in [-0.05, 0) is 26.7 Å². The Labute approximate surface area is 88.0 Å². The van der Waals surface area contributed by atoms with Crippen molar-refractivity contribution in [1.29, 1.82) is 0 Å². The number of aromatic nitrogens is 1. The molecule has 1 aliphatic carbocycles. The molecule has 0 saturated heterocycles. The number of aliphatic hydroxyl groups is 1. The van der Waals surface area contributed by atoms with E-state index in [1.54, 1.807) is 11.3 Å². The summed E-state index contributed by atoms with van der Waals surface area (Å²) >= 11 is 1.59. The molecule has 1 aromatic rings. The minimum absolute atomic E-state index is 0.0380. The van der Waals surface area contributed by atoms with Crippen LogP contribution in [0.15, 0.2) is 0 Å². The maximum Gasteiger partial charge on any atom is 0.0968 e. The Bertz CT molecular complexity index is 344. The Hall–Kier alpha value is -0.450. The van der Waals surface area contributed by atoms with Crippen LogP contribution in [0.2, 0.25) is 0 Å². The maximum absolute atomic E-state index is 10.2. The summed E-state index contributed by atoms with van der Waals surface area (Å²) in [6, 6.07) is 0. The smallest absolute Gasteiger partial charge is 0.0968 e. The highest BCUT2D eigenvalue weighted by molar-refractivity contribution is 7.11. The molecule has 3 N–H and O–H groups in total. The van der Waals surface area contributed by atoms with Gasteiger partial charge in [-0.1, -0.05) is 0 Å². The Kier molecular flexibility index (Phi) is 2.37. The van der Waals surface area contributed by atoms with Crippen LogP contribution in [0.5, 0.6) is 0 Å². The van der Waals surface area contributed by atoms with Crippen molar-refractivity contribution in [3.05, 3.63) is 15.6 Å². The lowest BCUT2D eigenvalue weighted by Gasteiger charge is -2.19. The van der Waals surface area contributed by atoms with Crippen LogP contribution in [0, 0.1) is 19.3 Å². The van der Waals surface area contributed by atoms with E-state index in [1.807, 2.05) is 13.8 Å². The topological polar surface area (TPSA) is 59.1 Å². The molecule has 1 unspecified atom stereocenters. The van der Waals surface area contributed by atoms with E-state index in [0.717, 1.165) is 28.4 Å². The number of rotatable bonds is 3. The van der Waals surface area contributed by atoms with Crippen LogP contribution in [-0.2, 0) is 0 Å². The molecule has 78 valence electrons. The van der Waals surface area contributed by atoms with Crippen LogP contribution >= 0.6 is 11.3 Å². The van der Waals surface area contributed by atoms with E-state index >= 15 is 0 Å². The van der Waals surface area contributed by atoms with Gasteiger partial charge in [0, 0.05) is 12.0 Å². The Morgan fingerprint density at radius 1 is 1.57 bits per heavy atom. The second-order valence-corrected chi connectivity index (χ2v) is 5.39. The van der Waals surface area contributed by atoms with Crippen molar-refractivity contribution in [1.82, 2.24) is 4.98 Å². The van der Waals surface area contributed by atoms with Gasteiger partial charge in [-0.15, -0.1) is 11.3 Å². The fourth-order valence-electron chi connectivity index (χ4n) is 1.83. The fraction of sp³-hybridized carbons (Fsp3) is 0.700. The molecule has 0 aliphatic heterocycles. The van der Waals surface area contributed by atoms with Gasteiger partial charge in [-0.2, -0.15) is 0 Å². The van der Waals surface area contributed by atoms with Gasteiger partial charge in [0.05, 0.1) is 21.7 Å². The van der Waals surface area contributed by atoms with Crippen LogP contribution in [0.25, 0.3) is 0 Å². The third-order valence-electron chi connectivity index (χ3n) is 3.07. The van der Waals surface area contributed by atoms with Crippen molar-refractivity contribution in [3.63, 3.8) is 0 Å². The van der Waals surface area contributed by atoms with Crippen molar-refractivity contribution in [3.8, 4) is 0 Å². The van der Waals surface area contributed by atoms with Crippen LogP contribution in [0.3, 0.4) is 0 Å². The lowest BCUT2D eigenvalue weighted by molar-refractivity contribution is 0.100. The number of aliphatic hydroxyl groups excluding tert-OH is 1. The molecule has 0 amide bonds. The fourth-order valence-corrected chi connectivity index (χ4v) is 2.88. The number of thiazole rings is 1. The van der Waals surface area contributed by atoms with Crippen LogP contribution in [0.1, 0.15) is 34.5 Å². The molecule has 14 heavy (non-hydrogen) atoms. The van der Waals surface area contributed by atoms with E-state index in [9.17, 15) is 5.11 Å². The third-order valence-corrected chi connectivity index (χ3v) is 4.19. The molecule has 0 bridgehead atoms. The predicted molar refractivity (Wildman–Crippen MR) is 57.3 cm³/mol. The van der Waals surface area contributed by atoms with Crippen molar-refractivity contribution >= 4 is 11.3 Å². The van der Waals surface area contributed by atoms with Gasteiger partial charge in [0.2, 0.25) is 0 Å². The minimum Gasteiger partial charge on any atom is -0.387 e. The van der Waals surface area contributed by atoms with Crippen molar-refractivity contribution < 1.29 is 5.11 Å². The van der Waals surface area contributed by atoms with Gasteiger partial charge in [0.1, 0.15) is 0 Å². The summed E-state index contributed by atoms with van der Waals surface area (Å²) in [7, 11) is 0. The molecule has 2 rings (SSSR count). The van der Waals surface area contributed by atoms with Gasteiger partial charge in [-0.25, -0.2) is 4.98 Å². The molecule has 0 radical (unpaired) electrons. The quantitative estimate of drug-likeness (QED) is 0.799. The highest BCUT2D eigenvalue weighted by Gasteiger charge is 2.49. The molecule has 1 saturated carbocycles. The Balaban J connectivity index is 2.27. The first-order valence-electron chi connectivity index (χ1n) is 4.91. The highest BCUT2D eigenvalue weighted by Crippen LogP contribution is 2.55. The second kappa shape index (κ2) is 3.29. The van der Waals surface area contributed by atoms with E-state index in [-0.39, 0.29) is 5.41 Å². The zero-order chi connectivity index (χ0) is 10.3.